The Morgan fingerprint density at radius 2 is 1.65 bits per heavy atom. The zero-order chi connectivity index (χ0) is 28.9. The van der Waals surface area contributed by atoms with Crippen molar-refractivity contribution in [1.29, 1.82) is 0 Å². The van der Waals surface area contributed by atoms with E-state index in [1.807, 2.05) is 72.4 Å². The van der Waals surface area contributed by atoms with Crippen molar-refractivity contribution >= 4 is 23.8 Å². The Bertz CT molecular complexity index is 787. The average Bonchev–Trinajstić information content (AvgIpc) is 3.15. The largest absolute Gasteiger partial charge is 0.327 e. The monoisotopic (exact) mass is 528 g/mol. The molecule has 0 spiro atoms. The smallest absolute Gasteiger partial charge is 0.123 e. The van der Waals surface area contributed by atoms with Gasteiger partial charge < -0.3 is 10.5 Å². The summed E-state index contributed by atoms with van der Waals surface area (Å²) in [6, 6.07) is 8.76. The van der Waals surface area contributed by atoms with E-state index >= 15 is 0 Å². The minimum absolute atomic E-state index is 0.552. The van der Waals surface area contributed by atoms with Crippen LogP contribution in [-0.2, 0) is 4.79 Å². The van der Waals surface area contributed by atoms with Crippen LogP contribution in [0, 0.1) is 5.92 Å². The molecule has 0 aromatic heterocycles. The molecule has 210 valence electrons. The van der Waals surface area contributed by atoms with Crippen molar-refractivity contribution in [2.24, 2.45) is 16.6 Å². The molecule has 0 unspecified atom stereocenters. The van der Waals surface area contributed by atoms with Gasteiger partial charge in [0.15, 0.2) is 0 Å². The van der Waals surface area contributed by atoms with E-state index in [9.17, 15) is 4.79 Å². The Balaban J connectivity index is -0.000000533. The number of allylic oxidation sites excluding steroid dienone is 4. The fourth-order valence-corrected chi connectivity index (χ4v) is 4.13. The minimum atomic E-state index is 0.552. The van der Waals surface area contributed by atoms with Crippen molar-refractivity contribution in [3.05, 3.63) is 77.9 Å². The topological polar surface area (TPSA) is 55.5 Å². The molecule has 37 heavy (non-hydrogen) atoms. The minimum Gasteiger partial charge on any atom is -0.327 e. The van der Waals surface area contributed by atoms with Crippen LogP contribution in [-0.4, -0.2) is 18.5 Å². The number of hydrogen-bond donors (Lipinski definition) is 1. The number of carbonyl (C=O) groups is 1. The molecule has 0 bridgehead atoms. The third-order valence-electron chi connectivity index (χ3n) is 4.92. The van der Waals surface area contributed by atoms with E-state index in [1.165, 1.54) is 54.0 Å². The third-order valence-corrected chi connectivity index (χ3v) is 5.92. The molecule has 1 aliphatic carbocycles. The van der Waals surface area contributed by atoms with Gasteiger partial charge in [-0.15, -0.1) is 6.58 Å². The maximum Gasteiger partial charge on any atom is 0.123 e. The van der Waals surface area contributed by atoms with Crippen molar-refractivity contribution in [2.75, 3.05) is 6.54 Å². The predicted molar refractivity (Wildman–Crippen MR) is 172 cm³/mol. The first-order chi connectivity index (χ1) is 18.0. The molecule has 2 N–H and O–H groups in total. The van der Waals surface area contributed by atoms with Crippen molar-refractivity contribution in [3.8, 4) is 0 Å². The van der Waals surface area contributed by atoms with Gasteiger partial charge in [0.1, 0.15) is 6.29 Å². The highest BCUT2D eigenvalue weighted by Crippen LogP contribution is 2.35. The molecule has 1 aromatic carbocycles. The van der Waals surface area contributed by atoms with Crippen LogP contribution in [0.2, 0.25) is 0 Å². The molecule has 1 saturated carbocycles. The van der Waals surface area contributed by atoms with E-state index in [4.69, 9.17) is 10.7 Å². The molecular formula is C33H56N2OS. The summed E-state index contributed by atoms with van der Waals surface area (Å²) in [6.45, 7) is 23.4. The van der Waals surface area contributed by atoms with Gasteiger partial charge in [-0.1, -0.05) is 114 Å². The first-order valence-corrected chi connectivity index (χ1v) is 14.9. The summed E-state index contributed by atoms with van der Waals surface area (Å²) in [7, 11) is 0. The molecule has 0 radical (unpaired) electrons. The maximum absolute atomic E-state index is 9.51. The van der Waals surface area contributed by atoms with Gasteiger partial charge in [0, 0.05) is 35.0 Å². The summed E-state index contributed by atoms with van der Waals surface area (Å²) in [5.74, 6) is 0.670. The molecule has 0 saturated heterocycles. The van der Waals surface area contributed by atoms with Gasteiger partial charge in [-0.25, -0.2) is 0 Å². The molecule has 3 nitrogen and oxygen atoms in total. The molecule has 1 heterocycles. The van der Waals surface area contributed by atoms with E-state index < -0.39 is 0 Å². The van der Waals surface area contributed by atoms with Crippen LogP contribution in [0.1, 0.15) is 106 Å². The lowest BCUT2D eigenvalue weighted by Gasteiger charge is -2.24. The van der Waals surface area contributed by atoms with Crippen LogP contribution >= 0.6 is 11.8 Å². The fourth-order valence-electron chi connectivity index (χ4n) is 3.20. The number of rotatable bonds is 5. The van der Waals surface area contributed by atoms with Gasteiger partial charge >= 0.3 is 0 Å². The number of nitrogens with zero attached hydrogens (tertiary/aromatic N) is 1. The first-order valence-electron chi connectivity index (χ1n) is 14.0. The van der Waals surface area contributed by atoms with Crippen LogP contribution in [0.4, 0.5) is 0 Å². The molecule has 3 rings (SSSR count). The van der Waals surface area contributed by atoms with Crippen LogP contribution < -0.4 is 5.73 Å². The summed E-state index contributed by atoms with van der Waals surface area (Å²) in [5.41, 5.74) is 10.1. The zero-order valence-electron chi connectivity index (χ0n) is 25.2. The van der Waals surface area contributed by atoms with Gasteiger partial charge in [-0.3, -0.25) is 4.99 Å². The zero-order valence-corrected chi connectivity index (χ0v) is 26.0. The average molecular weight is 529 g/mol. The quantitative estimate of drug-likeness (QED) is 0.305. The number of carbonyl (C=O) groups excluding carboxylic acids is 1. The summed E-state index contributed by atoms with van der Waals surface area (Å²) in [6.07, 6.45) is 14.6. The van der Waals surface area contributed by atoms with Crippen LogP contribution in [0.5, 0.6) is 0 Å². The highest BCUT2D eigenvalue weighted by atomic mass is 32.2. The Kier molecular flexibility index (Phi) is 32.0. The highest BCUT2D eigenvalue weighted by molar-refractivity contribution is 8.02. The maximum atomic E-state index is 9.51. The molecular weight excluding hydrogens is 472 g/mol. The highest BCUT2D eigenvalue weighted by Gasteiger charge is 2.23. The number of hydrogen-bond acceptors (Lipinski definition) is 4. The number of thioether (sulfide) groups is 1. The lowest BCUT2D eigenvalue weighted by atomic mass is 9.83. The SMILES string of the molecule is C/C=C\CC=O.C=C(C)CN.C=CC.CC.CC.CCC1=CSc2ccccc2C(C2CCCCC2)=N1. The summed E-state index contributed by atoms with van der Waals surface area (Å²) in [4.78, 5) is 15.9. The number of aldehydes is 1. The van der Waals surface area contributed by atoms with E-state index in [2.05, 4.69) is 49.8 Å². The molecule has 1 aromatic rings. The number of nitrogens with two attached hydrogens (primary N) is 1. The van der Waals surface area contributed by atoms with Gasteiger partial charge in [0.25, 0.3) is 0 Å². The van der Waals surface area contributed by atoms with Gasteiger partial charge in [0.05, 0.1) is 5.71 Å². The predicted octanol–water partition coefficient (Wildman–Crippen LogP) is 10.3. The summed E-state index contributed by atoms with van der Waals surface area (Å²) >= 11 is 1.83. The lowest BCUT2D eigenvalue weighted by molar-refractivity contribution is -0.107. The fraction of sp³-hybridized carbons (Fsp3) is 0.515. The molecule has 1 aliphatic heterocycles. The molecule has 2 aliphatic rings. The van der Waals surface area contributed by atoms with Crippen LogP contribution in [0.3, 0.4) is 0 Å². The van der Waals surface area contributed by atoms with E-state index in [-0.39, 0.29) is 0 Å². The summed E-state index contributed by atoms with van der Waals surface area (Å²) < 4.78 is 0. The molecule has 0 amide bonds. The Morgan fingerprint density at radius 1 is 1.11 bits per heavy atom. The van der Waals surface area contributed by atoms with Crippen molar-refractivity contribution in [1.82, 2.24) is 0 Å². The van der Waals surface area contributed by atoms with Crippen molar-refractivity contribution in [3.63, 3.8) is 0 Å². The number of fused-ring (bicyclic) bond motifs is 1. The standard InChI is InChI=1S/C17H21NS.C5H8O.C4H9N.C3H6.2C2H6/c1-2-14-12-19-16-11-7-6-10-15(16)17(18-14)13-8-4-3-5-9-13;1-2-3-4-5-6;1-4(2)3-5;1-3-2;2*1-2/h6-7,10-13H,2-5,8-9H2,1H3;2-3,5H,4H2,1H3;1,3,5H2,2H3;3H,1H2,2H3;2*1-2H3/b;3-2-;;;;. The second-order valence-corrected chi connectivity index (χ2v) is 8.86. The second kappa shape index (κ2) is 30.1. The van der Waals surface area contributed by atoms with Gasteiger partial charge in [0.2, 0.25) is 0 Å². The van der Waals surface area contributed by atoms with E-state index in [1.54, 1.807) is 6.08 Å². The Morgan fingerprint density at radius 3 is 2.08 bits per heavy atom. The molecule has 0 atom stereocenters. The van der Waals surface area contributed by atoms with Crippen LogP contribution in [0.15, 0.2) is 82.2 Å². The second-order valence-electron chi connectivity index (χ2n) is 7.95. The van der Waals surface area contributed by atoms with Gasteiger partial charge in [-0.2, -0.15) is 0 Å². The first kappa shape index (κ1) is 39.3. The van der Waals surface area contributed by atoms with E-state index in [0.29, 0.717) is 18.9 Å². The number of aliphatic imine (C=N–C) groups is 1. The molecule has 4 heteroatoms. The normalized spacial score (nSPS) is 13.6. The third kappa shape index (κ3) is 20.6. The lowest BCUT2D eigenvalue weighted by Crippen LogP contribution is -2.19. The molecule has 1 fully saturated rings. The Labute approximate surface area is 234 Å². The Hall–Kier alpha value is -2.17. The van der Waals surface area contributed by atoms with Gasteiger partial charge in [-0.05, 0) is 51.5 Å². The number of benzene rings is 1. The van der Waals surface area contributed by atoms with Crippen LogP contribution in [0.25, 0.3) is 0 Å². The van der Waals surface area contributed by atoms with Crippen molar-refractivity contribution in [2.45, 2.75) is 105 Å². The summed E-state index contributed by atoms with van der Waals surface area (Å²) in [5, 5.41) is 2.23. The van der Waals surface area contributed by atoms with E-state index in [0.717, 1.165) is 18.3 Å². The van der Waals surface area contributed by atoms with Crippen molar-refractivity contribution < 1.29 is 4.79 Å².